The Labute approximate surface area is 202 Å². The summed E-state index contributed by atoms with van der Waals surface area (Å²) in [5.41, 5.74) is -0.248. The Kier molecular flexibility index (Phi) is 9.35. The number of nitro groups is 1. The number of esters is 2. The average Bonchev–Trinajstić information content (AvgIpc) is 3.35. The summed E-state index contributed by atoms with van der Waals surface area (Å²) in [6.45, 7) is 6.45. The van der Waals surface area contributed by atoms with Crippen LogP contribution < -0.4 is 9.80 Å². The molecular formula is C22H30N6O7. The number of rotatable bonds is 12. The summed E-state index contributed by atoms with van der Waals surface area (Å²) >= 11 is 0. The molecule has 1 aliphatic heterocycles. The highest BCUT2D eigenvalue weighted by molar-refractivity contribution is 5.74. The van der Waals surface area contributed by atoms with E-state index in [4.69, 9.17) is 13.9 Å². The Bertz CT molecular complexity index is 992. The van der Waals surface area contributed by atoms with Crippen molar-refractivity contribution in [2.75, 3.05) is 62.3 Å². The molecule has 0 radical (unpaired) electrons. The lowest BCUT2D eigenvalue weighted by Gasteiger charge is -2.34. The third-order valence-corrected chi connectivity index (χ3v) is 5.41. The van der Waals surface area contributed by atoms with E-state index < -0.39 is 10.9 Å². The molecule has 1 fully saturated rings. The Hall–Kier alpha value is -3.74. The number of hydrogen-bond acceptors (Lipinski definition) is 12. The van der Waals surface area contributed by atoms with E-state index in [1.54, 1.807) is 35.8 Å². The molecule has 0 aliphatic carbocycles. The fourth-order valence-corrected chi connectivity index (χ4v) is 3.80. The van der Waals surface area contributed by atoms with Crippen molar-refractivity contribution in [1.29, 1.82) is 0 Å². The van der Waals surface area contributed by atoms with E-state index in [9.17, 15) is 19.7 Å². The largest absolute Gasteiger partial charge is 0.467 e. The van der Waals surface area contributed by atoms with Gasteiger partial charge in [-0.15, -0.1) is 0 Å². The van der Waals surface area contributed by atoms with Gasteiger partial charge in [0.15, 0.2) is 0 Å². The third kappa shape index (κ3) is 7.12. The number of furan rings is 1. The second kappa shape index (κ2) is 12.6. The van der Waals surface area contributed by atoms with E-state index in [0.29, 0.717) is 38.5 Å². The van der Waals surface area contributed by atoms with Gasteiger partial charge in [0.2, 0.25) is 11.6 Å². The first-order valence-corrected chi connectivity index (χ1v) is 11.5. The maximum absolute atomic E-state index is 12.2. The molecule has 13 nitrogen and oxygen atoms in total. The quantitative estimate of drug-likeness (QED) is 0.242. The zero-order chi connectivity index (χ0) is 25.2. The lowest BCUT2D eigenvalue weighted by atomic mass is 10.2. The highest BCUT2D eigenvalue weighted by atomic mass is 16.6. The molecule has 0 saturated carbocycles. The Morgan fingerprint density at radius 2 is 1.86 bits per heavy atom. The van der Waals surface area contributed by atoms with E-state index in [-0.39, 0.29) is 56.0 Å². The van der Waals surface area contributed by atoms with Gasteiger partial charge in [0.25, 0.3) is 0 Å². The summed E-state index contributed by atoms with van der Waals surface area (Å²) < 4.78 is 15.4. The van der Waals surface area contributed by atoms with Crippen LogP contribution in [-0.4, -0.2) is 84.2 Å². The van der Waals surface area contributed by atoms with E-state index in [0.717, 1.165) is 0 Å². The number of piperazine rings is 1. The van der Waals surface area contributed by atoms with E-state index >= 15 is 0 Å². The lowest BCUT2D eigenvalue weighted by Crippen LogP contribution is -2.48. The van der Waals surface area contributed by atoms with Crippen molar-refractivity contribution >= 4 is 29.3 Å². The molecule has 1 saturated heterocycles. The summed E-state index contributed by atoms with van der Waals surface area (Å²) in [5, 5.41) is 12.2. The minimum atomic E-state index is -0.505. The van der Waals surface area contributed by atoms with Gasteiger partial charge in [-0.25, -0.2) is 9.97 Å². The zero-order valence-corrected chi connectivity index (χ0v) is 19.9. The first kappa shape index (κ1) is 25.9. The topological polar surface area (TPSA) is 144 Å². The molecule has 0 aromatic carbocycles. The van der Waals surface area contributed by atoms with Gasteiger partial charge in [0.1, 0.15) is 12.1 Å². The molecule has 3 heterocycles. The highest BCUT2D eigenvalue weighted by Crippen LogP contribution is 2.35. The van der Waals surface area contributed by atoms with Crippen molar-refractivity contribution < 1.29 is 28.4 Å². The SMILES string of the molecule is CCOC(=O)CCN(Cc1ccco1)c1ncnc(N2CCN(CC(=O)OCC)CC2)c1[N+](=O)[O-]. The van der Waals surface area contributed by atoms with E-state index in [1.165, 1.54) is 12.6 Å². The van der Waals surface area contributed by atoms with Crippen LogP contribution in [0.15, 0.2) is 29.1 Å². The van der Waals surface area contributed by atoms with Crippen molar-refractivity contribution in [3.05, 3.63) is 40.6 Å². The summed E-state index contributed by atoms with van der Waals surface area (Å²) in [6, 6.07) is 3.46. The first-order valence-electron chi connectivity index (χ1n) is 11.5. The minimum absolute atomic E-state index is 0.0254. The number of ether oxygens (including phenoxy) is 2. The third-order valence-electron chi connectivity index (χ3n) is 5.41. The standard InChI is InChI=1S/C22H30N6O7/c1-3-33-18(29)7-8-27(14-17-6-5-13-35-17)22-20(28(31)32)21(23-16-24-22)26-11-9-25(10-12-26)15-19(30)34-4-2/h5-6,13,16H,3-4,7-12,14-15H2,1-2H3. The van der Waals surface area contributed by atoms with Gasteiger partial charge >= 0.3 is 17.6 Å². The molecule has 2 aromatic rings. The van der Waals surface area contributed by atoms with Gasteiger partial charge in [-0.2, -0.15) is 0 Å². The van der Waals surface area contributed by atoms with Crippen LogP contribution in [0.1, 0.15) is 26.0 Å². The zero-order valence-electron chi connectivity index (χ0n) is 19.9. The summed E-state index contributed by atoms with van der Waals surface area (Å²) in [7, 11) is 0. The van der Waals surface area contributed by atoms with Crippen LogP contribution >= 0.6 is 0 Å². The Balaban J connectivity index is 1.82. The molecule has 0 atom stereocenters. The Morgan fingerprint density at radius 3 is 2.49 bits per heavy atom. The van der Waals surface area contributed by atoms with Gasteiger partial charge in [-0.3, -0.25) is 24.6 Å². The molecule has 13 heteroatoms. The number of hydrogen-bond donors (Lipinski definition) is 0. The molecule has 0 unspecified atom stereocenters. The fourth-order valence-electron chi connectivity index (χ4n) is 3.80. The maximum Gasteiger partial charge on any atom is 0.353 e. The first-order chi connectivity index (χ1) is 16.9. The van der Waals surface area contributed by atoms with Crippen LogP contribution in [0.25, 0.3) is 0 Å². The predicted molar refractivity (Wildman–Crippen MR) is 125 cm³/mol. The maximum atomic E-state index is 12.2. The van der Waals surface area contributed by atoms with Gasteiger partial charge in [0, 0.05) is 32.7 Å². The number of carbonyl (C=O) groups is 2. The molecule has 0 amide bonds. The van der Waals surface area contributed by atoms with Crippen LogP contribution in [0.2, 0.25) is 0 Å². The smallest absolute Gasteiger partial charge is 0.353 e. The summed E-state index contributed by atoms with van der Waals surface area (Å²) in [6.07, 6.45) is 2.81. The van der Waals surface area contributed by atoms with Crippen LogP contribution in [0, 0.1) is 10.1 Å². The molecule has 2 aromatic heterocycles. The number of aromatic nitrogens is 2. The van der Waals surface area contributed by atoms with Gasteiger partial charge in [-0.05, 0) is 26.0 Å². The van der Waals surface area contributed by atoms with Crippen LogP contribution in [0.3, 0.4) is 0 Å². The van der Waals surface area contributed by atoms with Crippen molar-refractivity contribution in [3.8, 4) is 0 Å². The number of anilines is 2. The molecule has 190 valence electrons. The molecule has 0 spiro atoms. The Morgan fingerprint density at radius 1 is 1.14 bits per heavy atom. The van der Waals surface area contributed by atoms with Crippen molar-refractivity contribution in [1.82, 2.24) is 14.9 Å². The second-order valence-corrected chi connectivity index (χ2v) is 7.75. The van der Waals surface area contributed by atoms with Crippen molar-refractivity contribution in [2.24, 2.45) is 0 Å². The molecule has 0 N–H and O–H groups in total. The number of carbonyl (C=O) groups excluding carboxylic acids is 2. The van der Waals surface area contributed by atoms with Gasteiger partial charge < -0.3 is 23.7 Å². The normalized spacial score (nSPS) is 13.9. The van der Waals surface area contributed by atoms with Crippen molar-refractivity contribution in [3.63, 3.8) is 0 Å². The molecule has 35 heavy (non-hydrogen) atoms. The molecule has 1 aliphatic rings. The highest BCUT2D eigenvalue weighted by Gasteiger charge is 2.32. The van der Waals surface area contributed by atoms with Crippen LogP contribution in [0.4, 0.5) is 17.3 Å². The number of nitrogens with zero attached hydrogens (tertiary/aromatic N) is 6. The van der Waals surface area contributed by atoms with E-state index in [1.807, 2.05) is 4.90 Å². The van der Waals surface area contributed by atoms with Gasteiger partial charge in [-0.1, -0.05) is 0 Å². The summed E-state index contributed by atoms with van der Waals surface area (Å²) in [5.74, 6) is 0.139. The lowest BCUT2D eigenvalue weighted by molar-refractivity contribution is -0.383. The van der Waals surface area contributed by atoms with Crippen LogP contribution in [0.5, 0.6) is 0 Å². The molecular weight excluding hydrogens is 460 g/mol. The van der Waals surface area contributed by atoms with E-state index in [2.05, 4.69) is 9.97 Å². The van der Waals surface area contributed by atoms with Crippen molar-refractivity contribution in [2.45, 2.75) is 26.8 Å². The molecule has 0 bridgehead atoms. The van der Waals surface area contributed by atoms with Gasteiger partial charge in [0.05, 0.1) is 43.9 Å². The summed E-state index contributed by atoms with van der Waals surface area (Å²) in [4.78, 5) is 49.3. The minimum Gasteiger partial charge on any atom is -0.467 e. The monoisotopic (exact) mass is 490 g/mol. The molecule has 3 rings (SSSR count). The predicted octanol–water partition coefficient (Wildman–Crippen LogP) is 1.62. The average molecular weight is 491 g/mol. The fraction of sp³-hybridized carbons (Fsp3) is 0.545. The second-order valence-electron chi connectivity index (χ2n) is 7.75. The van der Waals surface area contributed by atoms with Crippen LogP contribution in [-0.2, 0) is 25.6 Å².